The van der Waals surface area contributed by atoms with Crippen LogP contribution >= 0.6 is 0 Å². The van der Waals surface area contributed by atoms with Gasteiger partial charge in [-0.2, -0.15) is 0 Å². The molecule has 0 aliphatic heterocycles. The monoisotopic (exact) mass is 287 g/mol. The molecule has 0 radical (unpaired) electrons. The van der Waals surface area contributed by atoms with Gasteiger partial charge in [0, 0.05) is 25.2 Å². The Morgan fingerprint density at radius 1 is 0.810 bits per heavy atom. The normalized spacial score (nSPS) is 10.2. The van der Waals surface area contributed by atoms with E-state index in [0.29, 0.717) is 6.54 Å². The molecule has 1 N–H and O–H groups in total. The third-order valence-electron chi connectivity index (χ3n) is 3.29. The van der Waals surface area contributed by atoms with Crippen LogP contribution in [0.2, 0.25) is 0 Å². The van der Waals surface area contributed by atoms with Gasteiger partial charge in [-0.15, -0.1) is 0 Å². The van der Waals surface area contributed by atoms with Gasteiger partial charge in [-0.1, -0.05) is 30.3 Å². The molecule has 4 heteroatoms. The van der Waals surface area contributed by atoms with Crippen molar-refractivity contribution in [1.82, 2.24) is 5.32 Å². The van der Waals surface area contributed by atoms with Gasteiger partial charge in [0.1, 0.15) is 17.2 Å². The van der Waals surface area contributed by atoms with Gasteiger partial charge in [0.15, 0.2) is 0 Å². The van der Waals surface area contributed by atoms with E-state index >= 15 is 0 Å². The van der Waals surface area contributed by atoms with Gasteiger partial charge in [-0.3, -0.25) is 0 Å². The standard InChI is InChI=1S/C17H21NO3/c1-19-14-9-16(20-2)15(17(10-14)21-3)12-18-11-13-7-5-4-6-8-13/h4-10,18H,11-12H2,1-3H3. The maximum atomic E-state index is 5.43. The first kappa shape index (κ1) is 15.2. The number of methoxy groups -OCH3 is 3. The molecule has 0 saturated heterocycles. The molecular formula is C17H21NO3. The largest absolute Gasteiger partial charge is 0.496 e. The molecule has 2 rings (SSSR count). The first-order valence-electron chi connectivity index (χ1n) is 6.82. The smallest absolute Gasteiger partial charge is 0.130 e. The summed E-state index contributed by atoms with van der Waals surface area (Å²) >= 11 is 0. The average molecular weight is 287 g/mol. The Bertz CT molecular complexity index is 544. The van der Waals surface area contributed by atoms with Crippen molar-refractivity contribution in [3.8, 4) is 17.2 Å². The second kappa shape index (κ2) is 7.55. The number of rotatable bonds is 7. The van der Waals surface area contributed by atoms with E-state index in [0.717, 1.165) is 29.4 Å². The number of ether oxygens (including phenoxy) is 3. The first-order valence-corrected chi connectivity index (χ1v) is 6.82. The van der Waals surface area contributed by atoms with Crippen LogP contribution < -0.4 is 19.5 Å². The van der Waals surface area contributed by atoms with Gasteiger partial charge >= 0.3 is 0 Å². The molecule has 0 aliphatic carbocycles. The Kier molecular flexibility index (Phi) is 5.46. The van der Waals surface area contributed by atoms with Crippen LogP contribution in [0.4, 0.5) is 0 Å². The molecule has 0 atom stereocenters. The first-order chi connectivity index (χ1) is 10.3. The lowest BCUT2D eigenvalue weighted by Crippen LogP contribution is -2.14. The van der Waals surface area contributed by atoms with Crippen LogP contribution in [0, 0.1) is 0 Å². The van der Waals surface area contributed by atoms with Gasteiger partial charge in [-0.25, -0.2) is 0 Å². The predicted octanol–water partition coefficient (Wildman–Crippen LogP) is 3.00. The summed E-state index contributed by atoms with van der Waals surface area (Å²) in [5.41, 5.74) is 2.22. The lowest BCUT2D eigenvalue weighted by Gasteiger charge is -2.15. The van der Waals surface area contributed by atoms with E-state index in [2.05, 4.69) is 17.4 Å². The Labute approximate surface area is 125 Å². The van der Waals surface area contributed by atoms with Gasteiger partial charge in [0.2, 0.25) is 0 Å². The van der Waals surface area contributed by atoms with E-state index < -0.39 is 0 Å². The summed E-state index contributed by atoms with van der Waals surface area (Å²) in [6, 6.07) is 14.0. The molecule has 0 heterocycles. The van der Waals surface area contributed by atoms with Crippen LogP contribution in [0.25, 0.3) is 0 Å². The second-order valence-electron chi connectivity index (χ2n) is 4.60. The molecule has 0 aromatic heterocycles. The van der Waals surface area contributed by atoms with Crippen molar-refractivity contribution in [2.24, 2.45) is 0 Å². The van der Waals surface area contributed by atoms with E-state index in [1.165, 1.54) is 5.56 Å². The maximum Gasteiger partial charge on any atom is 0.130 e. The molecule has 21 heavy (non-hydrogen) atoms. The fourth-order valence-electron chi connectivity index (χ4n) is 2.18. The van der Waals surface area contributed by atoms with Crippen molar-refractivity contribution in [3.63, 3.8) is 0 Å². The minimum absolute atomic E-state index is 0.658. The third-order valence-corrected chi connectivity index (χ3v) is 3.29. The van der Waals surface area contributed by atoms with Crippen molar-refractivity contribution in [2.45, 2.75) is 13.1 Å². The van der Waals surface area contributed by atoms with Gasteiger partial charge in [-0.05, 0) is 5.56 Å². The average Bonchev–Trinajstić information content (AvgIpc) is 2.55. The molecule has 112 valence electrons. The fraction of sp³-hybridized carbons (Fsp3) is 0.294. The highest BCUT2D eigenvalue weighted by Gasteiger charge is 2.12. The summed E-state index contributed by atoms with van der Waals surface area (Å²) in [7, 11) is 4.92. The molecule has 2 aromatic rings. The number of benzene rings is 2. The van der Waals surface area contributed by atoms with Crippen molar-refractivity contribution < 1.29 is 14.2 Å². The van der Waals surface area contributed by atoms with Gasteiger partial charge < -0.3 is 19.5 Å². The highest BCUT2D eigenvalue weighted by Crippen LogP contribution is 2.33. The van der Waals surface area contributed by atoms with Crippen LogP contribution in [0.1, 0.15) is 11.1 Å². The van der Waals surface area contributed by atoms with Crippen molar-refractivity contribution in [1.29, 1.82) is 0 Å². The Morgan fingerprint density at radius 3 is 1.95 bits per heavy atom. The van der Waals surface area contributed by atoms with Crippen LogP contribution in [-0.2, 0) is 13.1 Å². The zero-order valence-electron chi connectivity index (χ0n) is 12.7. The molecule has 0 fully saturated rings. The number of nitrogens with one attached hydrogen (secondary N) is 1. The van der Waals surface area contributed by atoms with Gasteiger partial charge in [0.25, 0.3) is 0 Å². The zero-order valence-corrected chi connectivity index (χ0v) is 12.7. The molecule has 0 saturated carbocycles. The van der Waals surface area contributed by atoms with Crippen LogP contribution in [0.15, 0.2) is 42.5 Å². The van der Waals surface area contributed by atoms with Crippen LogP contribution in [-0.4, -0.2) is 21.3 Å². The fourth-order valence-corrected chi connectivity index (χ4v) is 2.18. The Hall–Kier alpha value is -2.20. The van der Waals surface area contributed by atoms with E-state index in [1.54, 1.807) is 21.3 Å². The van der Waals surface area contributed by atoms with Crippen molar-refractivity contribution in [3.05, 3.63) is 53.6 Å². The quantitative estimate of drug-likeness (QED) is 0.850. The molecule has 4 nitrogen and oxygen atoms in total. The summed E-state index contributed by atoms with van der Waals surface area (Å²) in [4.78, 5) is 0. The lowest BCUT2D eigenvalue weighted by molar-refractivity contribution is 0.366. The Balaban J connectivity index is 2.11. The minimum Gasteiger partial charge on any atom is -0.496 e. The van der Waals surface area contributed by atoms with Crippen molar-refractivity contribution >= 4 is 0 Å². The zero-order chi connectivity index (χ0) is 15.1. The maximum absolute atomic E-state index is 5.43. The van der Waals surface area contributed by atoms with Crippen LogP contribution in [0.3, 0.4) is 0 Å². The number of hydrogen-bond acceptors (Lipinski definition) is 4. The van der Waals surface area contributed by atoms with E-state index in [-0.39, 0.29) is 0 Å². The summed E-state index contributed by atoms with van der Waals surface area (Å²) in [5.74, 6) is 2.23. The Morgan fingerprint density at radius 2 is 1.43 bits per heavy atom. The highest BCUT2D eigenvalue weighted by molar-refractivity contribution is 5.50. The number of hydrogen-bond donors (Lipinski definition) is 1. The van der Waals surface area contributed by atoms with Gasteiger partial charge in [0.05, 0.1) is 26.9 Å². The molecular weight excluding hydrogens is 266 g/mol. The molecule has 2 aromatic carbocycles. The molecule has 0 aliphatic rings. The highest BCUT2D eigenvalue weighted by atomic mass is 16.5. The summed E-state index contributed by atoms with van der Waals surface area (Å²) in [6.45, 7) is 1.45. The van der Waals surface area contributed by atoms with Crippen molar-refractivity contribution in [2.75, 3.05) is 21.3 Å². The summed E-state index contributed by atoms with van der Waals surface area (Å²) in [6.07, 6.45) is 0. The summed E-state index contributed by atoms with van der Waals surface area (Å²) < 4.78 is 16.1. The minimum atomic E-state index is 0.658. The third kappa shape index (κ3) is 3.89. The topological polar surface area (TPSA) is 39.7 Å². The molecule has 0 amide bonds. The van der Waals surface area contributed by atoms with E-state index in [4.69, 9.17) is 14.2 Å². The summed E-state index contributed by atoms with van der Waals surface area (Å²) in [5, 5.41) is 3.40. The lowest BCUT2D eigenvalue weighted by atomic mass is 10.1. The van der Waals surface area contributed by atoms with E-state index in [9.17, 15) is 0 Å². The SMILES string of the molecule is COc1cc(OC)c(CNCc2ccccc2)c(OC)c1. The van der Waals surface area contributed by atoms with E-state index in [1.807, 2.05) is 30.3 Å². The molecule has 0 spiro atoms. The molecule has 0 bridgehead atoms. The second-order valence-corrected chi connectivity index (χ2v) is 4.60. The molecule has 0 unspecified atom stereocenters. The van der Waals surface area contributed by atoms with Crippen LogP contribution in [0.5, 0.6) is 17.2 Å². The predicted molar refractivity (Wildman–Crippen MR) is 83.1 cm³/mol.